The van der Waals surface area contributed by atoms with Gasteiger partial charge in [-0.25, -0.2) is 4.98 Å². The smallest absolute Gasteiger partial charge is 0.306 e. The van der Waals surface area contributed by atoms with E-state index in [2.05, 4.69) is 84.1 Å². The minimum Gasteiger partial charge on any atom is -0.466 e. The maximum absolute atomic E-state index is 13.5. The molecule has 0 unspecified atom stereocenters. The van der Waals surface area contributed by atoms with Crippen molar-refractivity contribution in [2.75, 3.05) is 27.3 Å². The van der Waals surface area contributed by atoms with E-state index in [0.717, 1.165) is 105 Å². The van der Waals surface area contributed by atoms with Crippen LogP contribution in [0.15, 0.2) is 73.3 Å². The van der Waals surface area contributed by atoms with Gasteiger partial charge < -0.3 is 33.5 Å². The first kappa shape index (κ1) is 43.9. The third kappa shape index (κ3) is 9.96. The minimum absolute atomic E-state index is 0.0219. The van der Waals surface area contributed by atoms with Crippen LogP contribution in [0.2, 0.25) is 0 Å². The van der Waals surface area contributed by atoms with Crippen LogP contribution in [0.3, 0.4) is 0 Å². The van der Waals surface area contributed by atoms with Gasteiger partial charge >= 0.3 is 11.9 Å². The van der Waals surface area contributed by atoms with E-state index in [4.69, 9.17) is 19.4 Å². The quantitative estimate of drug-likeness (QED) is 0.0703. The predicted octanol–water partition coefficient (Wildman–Crippen LogP) is 9.16. The van der Waals surface area contributed by atoms with Crippen molar-refractivity contribution in [2.45, 2.75) is 110 Å². The normalized spacial score (nSPS) is 16.0. The van der Waals surface area contributed by atoms with Crippen LogP contribution in [-0.2, 0) is 55.2 Å². The van der Waals surface area contributed by atoms with Crippen LogP contribution >= 0.6 is 0 Å². The Kier molecular flexibility index (Phi) is 13.6. The van der Waals surface area contributed by atoms with E-state index in [1.807, 2.05) is 49.1 Å². The summed E-state index contributed by atoms with van der Waals surface area (Å²) in [4.78, 5) is 59.3. The molecule has 0 saturated carbocycles. The summed E-state index contributed by atoms with van der Waals surface area (Å²) in [5.74, 6) is -0.475. The minimum atomic E-state index is -0.591. The number of aryl methyl sites for hydroxylation is 6. The summed E-state index contributed by atoms with van der Waals surface area (Å²) in [6.07, 6.45) is 14.0. The Bertz CT molecular complexity index is 2600. The highest BCUT2D eigenvalue weighted by Gasteiger charge is 2.44. The van der Waals surface area contributed by atoms with Crippen LogP contribution in [0.25, 0.3) is 33.7 Å². The lowest BCUT2D eigenvalue weighted by atomic mass is 9.71. The number of allylic oxidation sites excluding steroid dienone is 1. The molecule has 12 nitrogen and oxygen atoms in total. The number of amides is 1. The van der Waals surface area contributed by atoms with Gasteiger partial charge in [-0.1, -0.05) is 13.8 Å². The van der Waals surface area contributed by atoms with Gasteiger partial charge in [0.25, 0.3) is 0 Å². The molecule has 5 aromatic heterocycles. The molecule has 0 aliphatic carbocycles. The zero-order valence-electron chi connectivity index (χ0n) is 37.3. The molecular formula is C50H61N7O5. The van der Waals surface area contributed by atoms with Gasteiger partial charge in [0, 0.05) is 116 Å². The molecule has 0 saturated heterocycles. The number of nitrogens with zero attached hydrogens (tertiary/aromatic N) is 5. The van der Waals surface area contributed by atoms with E-state index in [1.165, 1.54) is 0 Å². The third-order valence-electron chi connectivity index (χ3n) is 12.6. The summed E-state index contributed by atoms with van der Waals surface area (Å²) in [5.41, 5.74) is 11.3. The standard InChI is InChI=1S/C50H61N7O5/c1-8-39-45-29-40-33(2)27-36(51-40)28-41-34(3)37(15-17-48(59)61-25-13-23-56-19-9-10-20-56)43(52-41)30-44-38(16-18-49(60)62-26-14-24-57-21-11-12-22-57)35(4)42(53-44)31-46(54-45)50(39,5)32-47(58)55(6)7/h9-12,19-22,27-31,39,52-53H,8,13-18,23-26,32H2,1-7H3/t39-,50-/m0/s1. The number of nitrogens with one attached hydrogen (secondary N) is 2. The molecule has 2 atom stereocenters. The van der Waals surface area contributed by atoms with Crippen molar-refractivity contribution >= 4 is 51.6 Å². The van der Waals surface area contributed by atoms with E-state index >= 15 is 0 Å². The molecular weight excluding hydrogens is 779 g/mol. The first-order valence-corrected chi connectivity index (χ1v) is 22.0. The summed E-state index contributed by atoms with van der Waals surface area (Å²) in [5, 5.41) is 0. The molecule has 326 valence electrons. The van der Waals surface area contributed by atoms with Crippen LogP contribution in [0.5, 0.6) is 0 Å². The van der Waals surface area contributed by atoms with Gasteiger partial charge in [0.1, 0.15) is 0 Å². The molecule has 7 rings (SSSR count). The lowest BCUT2D eigenvalue weighted by molar-refractivity contribution is -0.144. The summed E-state index contributed by atoms with van der Waals surface area (Å²) in [7, 11) is 3.59. The highest BCUT2D eigenvalue weighted by Crippen LogP contribution is 2.47. The Morgan fingerprint density at radius 2 is 1.27 bits per heavy atom. The fraction of sp³-hybridized carbons (Fsp3) is 0.420. The molecule has 1 amide bonds. The molecule has 8 bridgehead atoms. The summed E-state index contributed by atoms with van der Waals surface area (Å²) in [6, 6.07) is 16.3. The number of esters is 2. The average molecular weight is 840 g/mol. The van der Waals surface area contributed by atoms with Gasteiger partial charge in [0.15, 0.2) is 0 Å². The fourth-order valence-electron chi connectivity index (χ4n) is 8.91. The number of ether oxygens (including phenoxy) is 2. The first-order valence-electron chi connectivity index (χ1n) is 22.0. The molecule has 2 aliphatic rings. The number of aromatic amines is 2. The Balaban J connectivity index is 1.30. The monoisotopic (exact) mass is 839 g/mol. The molecule has 7 heterocycles. The fourth-order valence-corrected chi connectivity index (χ4v) is 8.91. The second kappa shape index (κ2) is 19.3. The molecule has 2 N–H and O–H groups in total. The second-order valence-corrected chi connectivity index (χ2v) is 17.2. The Morgan fingerprint density at radius 3 is 1.79 bits per heavy atom. The highest BCUT2D eigenvalue weighted by molar-refractivity contribution is 5.85. The van der Waals surface area contributed by atoms with Gasteiger partial charge in [0.05, 0.1) is 24.6 Å². The summed E-state index contributed by atoms with van der Waals surface area (Å²) in [6.45, 7) is 12.8. The van der Waals surface area contributed by atoms with Crippen molar-refractivity contribution in [3.63, 3.8) is 0 Å². The van der Waals surface area contributed by atoms with Gasteiger partial charge in [-0.15, -0.1) is 0 Å². The van der Waals surface area contributed by atoms with E-state index < -0.39 is 5.41 Å². The van der Waals surface area contributed by atoms with Crippen LogP contribution < -0.4 is 0 Å². The lowest BCUT2D eigenvalue weighted by Gasteiger charge is -2.31. The van der Waals surface area contributed by atoms with Gasteiger partial charge in [0.2, 0.25) is 5.91 Å². The van der Waals surface area contributed by atoms with Gasteiger partial charge in [-0.05, 0) is 135 Å². The molecule has 62 heavy (non-hydrogen) atoms. The van der Waals surface area contributed by atoms with Crippen LogP contribution in [-0.4, -0.2) is 79.1 Å². The predicted molar refractivity (Wildman–Crippen MR) is 244 cm³/mol. The molecule has 0 fully saturated rings. The number of aromatic nitrogens is 6. The second-order valence-electron chi connectivity index (χ2n) is 17.2. The molecule has 0 radical (unpaired) electrons. The van der Waals surface area contributed by atoms with E-state index in [9.17, 15) is 14.4 Å². The SMILES string of the molecule is CC[C@H]1c2cc3nc(cc4[nH]c(cc5[nH]c(cc(n2)[C@@]1(C)CC(=O)N(C)C)c(C)c5CCC(=O)OCCCn1cccc1)c(CCC(=O)OCCCn1cccc1)c4C)C=C3C. The number of carbonyl (C=O) groups is 3. The number of hydrogen-bond acceptors (Lipinski definition) is 7. The van der Waals surface area contributed by atoms with Crippen molar-refractivity contribution in [1.82, 2.24) is 34.0 Å². The zero-order valence-corrected chi connectivity index (χ0v) is 37.3. The van der Waals surface area contributed by atoms with Crippen molar-refractivity contribution < 1.29 is 23.9 Å². The lowest BCUT2D eigenvalue weighted by Crippen LogP contribution is -2.34. The van der Waals surface area contributed by atoms with Gasteiger partial charge in [-0.3, -0.25) is 19.4 Å². The zero-order chi connectivity index (χ0) is 44.0. The Labute approximate surface area is 364 Å². The van der Waals surface area contributed by atoms with E-state index in [1.54, 1.807) is 19.0 Å². The van der Waals surface area contributed by atoms with E-state index in [0.29, 0.717) is 32.5 Å². The number of carbonyl (C=O) groups excluding carboxylic acids is 3. The van der Waals surface area contributed by atoms with E-state index in [-0.39, 0.29) is 36.6 Å². The molecule has 0 aromatic carbocycles. The van der Waals surface area contributed by atoms with Crippen molar-refractivity contribution in [1.29, 1.82) is 0 Å². The van der Waals surface area contributed by atoms with Crippen LogP contribution in [0, 0.1) is 13.8 Å². The van der Waals surface area contributed by atoms with Crippen molar-refractivity contribution in [3.8, 4) is 0 Å². The number of hydrogen-bond donors (Lipinski definition) is 2. The largest absolute Gasteiger partial charge is 0.466 e. The van der Waals surface area contributed by atoms with Crippen LogP contribution in [0.4, 0.5) is 0 Å². The highest BCUT2D eigenvalue weighted by atomic mass is 16.5. The Hall–Kier alpha value is -6.17. The first-order chi connectivity index (χ1) is 29.8. The third-order valence-corrected chi connectivity index (χ3v) is 12.6. The topological polar surface area (TPSA) is 140 Å². The molecule has 0 spiro atoms. The van der Waals surface area contributed by atoms with Crippen molar-refractivity contribution in [3.05, 3.63) is 118 Å². The maximum atomic E-state index is 13.5. The number of H-pyrrole nitrogens is 2. The number of fused-ring (bicyclic) bond motifs is 8. The summed E-state index contributed by atoms with van der Waals surface area (Å²) >= 11 is 0. The summed E-state index contributed by atoms with van der Waals surface area (Å²) < 4.78 is 15.5. The van der Waals surface area contributed by atoms with Crippen molar-refractivity contribution in [2.24, 2.45) is 0 Å². The molecule has 12 heteroatoms. The van der Waals surface area contributed by atoms with Crippen LogP contribution in [0.1, 0.15) is 110 Å². The molecule has 2 aliphatic heterocycles. The Morgan fingerprint density at radius 1 is 0.742 bits per heavy atom. The number of rotatable bonds is 17. The molecule has 5 aromatic rings. The maximum Gasteiger partial charge on any atom is 0.306 e. The van der Waals surface area contributed by atoms with Gasteiger partial charge in [-0.2, -0.15) is 0 Å². The average Bonchev–Trinajstić information content (AvgIpc) is 4.10.